The van der Waals surface area contributed by atoms with Crippen molar-refractivity contribution in [1.29, 1.82) is 0 Å². The Balaban J connectivity index is 2.64. The molecule has 1 aromatic rings. The lowest BCUT2D eigenvalue weighted by atomic mass is 10.1. The van der Waals surface area contributed by atoms with E-state index in [-0.39, 0.29) is 23.6 Å². The minimum absolute atomic E-state index is 0.00932. The van der Waals surface area contributed by atoms with Gasteiger partial charge in [-0.1, -0.05) is 13.0 Å². The number of aliphatic hydroxyl groups is 1. The average molecular weight is 296 g/mol. The Morgan fingerprint density at radius 1 is 1.43 bits per heavy atom. The van der Waals surface area contributed by atoms with Crippen LogP contribution in [-0.2, 0) is 6.42 Å². The molecule has 0 aliphatic heterocycles. The predicted octanol–water partition coefficient (Wildman–Crippen LogP) is 2.29. The fourth-order valence-corrected chi connectivity index (χ4v) is 1.72. The standard InChI is InChI=1S/C15H24N2O4/c1-5-11-6-7-14(13(8-11)17(19)20)21-10-12(18)9-16-15(2,3)4/h6-8,12,16,18H,5,9-10H2,1-4H3. The summed E-state index contributed by atoms with van der Waals surface area (Å²) in [6.45, 7) is 8.29. The monoisotopic (exact) mass is 296 g/mol. The predicted molar refractivity (Wildman–Crippen MR) is 81.7 cm³/mol. The van der Waals surface area contributed by atoms with Gasteiger partial charge in [0.2, 0.25) is 0 Å². The molecule has 0 amide bonds. The highest BCUT2D eigenvalue weighted by Crippen LogP contribution is 2.28. The summed E-state index contributed by atoms with van der Waals surface area (Å²) in [5.74, 6) is 0.187. The third-order valence-corrected chi connectivity index (χ3v) is 2.93. The third kappa shape index (κ3) is 6.10. The first kappa shape index (κ1) is 17.4. The van der Waals surface area contributed by atoms with Gasteiger partial charge >= 0.3 is 5.69 Å². The Hall–Kier alpha value is -1.66. The SMILES string of the molecule is CCc1ccc(OCC(O)CNC(C)(C)C)c([N+](=O)[O-])c1. The fraction of sp³-hybridized carbons (Fsp3) is 0.600. The molecule has 1 unspecified atom stereocenters. The van der Waals surface area contributed by atoms with E-state index in [0.717, 1.165) is 12.0 Å². The zero-order valence-corrected chi connectivity index (χ0v) is 13.0. The van der Waals surface area contributed by atoms with Gasteiger partial charge in [0.15, 0.2) is 5.75 Å². The van der Waals surface area contributed by atoms with Gasteiger partial charge in [0, 0.05) is 18.2 Å². The highest BCUT2D eigenvalue weighted by Gasteiger charge is 2.18. The largest absolute Gasteiger partial charge is 0.484 e. The molecule has 21 heavy (non-hydrogen) atoms. The molecule has 0 saturated heterocycles. The number of nitro benzene ring substituents is 1. The van der Waals surface area contributed by atoms with Crippen LogP contribution in [0.25, 0.3) is 0 Å². The summed E-state index contributed by atoms with van der Waals surface area (Å²) in [6.07, 6.45) is -0.00567. The molecule has 1 rings (SSSR count). The summed E-state index contributed by atoms with van der Waals surface area (Å²) in [6, 6.07) is 4.89. The molecule has 0 fully saturated rings. The number of hydrogen-bond acceptors (Lipinski definition) is 5. The van der Waals surface area contributed by atoms with Gasteiger partial charge in [0.25, 0.3) is 0 Å². The Morgan fingerprint density at radius 3 is 2.62 bits per heavy atom. The second-order valence-electron chi connectivity index (χ2n) is 6.01. The molecule has 2 N–H and O–H groups in total. The molecule has 0 radical (unpaired) electrons. The van der Waals surface area contributed by atoms with Crippen molar-refractivity contribution >= 4 is 5.69 Å². The molecule has 0 aliphatic rings. The van der Waals surface area contributed by atoms with Gasteiger partial charge in [-0.25, -0.2) is 0 Å². The summed E-state index contributed by atoms with van der Waals surface area (Å²) >= 11 is 0. The number of rotatable bonds is 7. The second-order valence-corrected chi connectivity index (χ2v) is 6.01. The maximum atomic E-state index is 11.0. The van der Waals surface area contributed by atoms with E-state index in [1.807, 2.05) is 27.7 Å². The molecule has 0 bridgehead atoms. The molecule has 6 nitrogen and oxygen atoms in total. The highest BCUT2D eigenvalue weighted by atomic mass is 16.6. The van der Waals surface area contributed by atoms with E-state index in [1.165, 1.54) is 6.07 Å². The molecule has 1 atom stereocenters. The normalized spacial score (nSPS) is 13.0. The molecule has 0 spiro atoms. The van der Waals surface area contributed by atoms with E-state index in [2.05, 4.69) is 5.32 Å². The van der Waals surface area contributed by atoms with E-state index in [4.69, 9.17) is 4.74 Å². The maximum absolute atomic E-state index is 11.0. The lowest BCUT2D eigenvalue weighted by Crippen LogP contribution is -2.42. The number of benzene rings is 1. The zero-order valence-electron chi connectivity index (χ0n) is 13.0. The lowest BCUT2D eigenvalue weighted by Gasteiger charge is -2.22. The van der Waals surface area contributed by atoms with Crippen molar-refractivity contribution in [3.8, 4) is 5.75 Å². The molecule has 118 valence electrons. The van der Waals surface area contributed by atoms with Crippen LogP contribution < -0.4 is 10.1 Å². The van der Waals surface area contributed by atoms with Gasteiger partial charge in [-0.15, -0.1) is 0 Å². The first-order valence-corrected chi connectivity index (χ1v) is 7.06. The second kappa shape index (κ2) is 7.38. The molecule has 0 heterocycles. The molecule has 0 aliphatic carbocycles. The van der Waals surface area contributed by atoms with Crippen molar-refractivity contribution in [2.75, 3.05) is 13.2 Å². The molecule has 1 aromatic carbocycles. The Kier molecular flexibility index (Phi) is 6.11. The van der Waals surface area contributed by atoms with Crippen molar-refractivity contribution < 1.29 is 14.8 Å². The summed E-state index contributed by atoms with van der Waals surface area (Å²) in [5, 5.41) is 24.0. The third-order valence-electron chi connectivity index (χ3n) is 2.93. The van der Waals surface area contributed by atoms with Crippen LogP contribution in [0, 0.1) is 10.1 Å². The van der Waals surface area contributed by atoms with Gasteiger partial charge in [-0.05, 0) is 38.8 Å². The van der Waals surface area contributed by atoms with Crippen LogP contribution in [0.1, 0.15) is 33.3 Å². The average Bonchev–Trinajstić information content (AvgIpc) is 2.41. The van der Waals surface area contributed by atoms with Crippen molar-refractivity contribution in [2.24, 2.45) is 0 Å². The van der Waals surface area contributed by atoms with Crippen LogP contribution in [0.15, 0.2) is 18.2 Å². The molecular weight excluding hydrogens is 272 g/mol. The number of aliphatic hydroxyl groups excluding tert-OH is 1. The smallest absolute Gasteiger partial charge is 0.311 e. The zero-order chi connectivity index (χ0) is 16.0. The maximum Gasteiger partial charge on any atom is 0.311 e. The van der Waals surface area contributed by atoms with Crippen LogP contribution in [0.5, 0.6) is 5.75 Å². The van der Waals surface area contributed by atoms with E-state index in [1.54, 1.807) is 12.1 Å². The Labute approximate surface area is 125 Å². The van der Waals surface area contributed by atoms with Crippen LogP contribution in [0.4, 0.5) is 5.69 Å². The van der Waals surface area contributed by atoms with E-state index in [0.29, 0.717) is 6.54 Å². The van der Waals surface area contributed by atoms with Crippen molar-refractivity contribution in [2.45, 2.75) is 45.8 Å². The minimum atomic E-state index is -0.727. The van der Waals surface area contributed by atoms with Gasteiger partial charge in [-0.3, -0.25) is 10.1 Å². The number of nitro groups is 1. The lowest BCUT2D eigenvalue weighted by molar-refractivity contribution is -0.386. The quantitative estimate of drug-likeness (QED) is 0.595. The summed E-state index contributed by atoms with van der Waals surface area (Å²) in [4.78, 5) is 10.6. The Morgan fingerprint density at radius 2 is 2.10 bits per heavy atom. The number of β-amino-alcohol motifs (C(OH)–C–C–N with tert-alkyl or cyclic N) is 1. The number of hydrogen-bond donors (Lipinski definition) is 2. The molecular formula is C15H24N2O4. The van der Waals surface area contributed by atoms with Crippen molar-refractivity contribution in [3.05, 3.63) is 33.9 Å². The van der Waals surface area contributed by atoms with Gasteiger partial charge in [0.1, 0.15) is 12.7 Å². The summed E-state index contributed by atoms with van der Waals surface area (Å²) in [5.41, 5.74) is 0.713. The summed E-state index contributed by atoms with van der Waals surface area (Å²) in [7, 11) is 0. The van der Waals surface area contributed by atoms with E-state index in [9.17, 15) is 15.2 Å². The minimum Gasteiger partial charge on any atom is -0.484 e. The summed E-state index contributed by atoms with van der Waals surface area (Å²) < 4.78 is 5.39. The van der Waals surface area contributed by atoms with E-state index < -0.39 is 11.0 Å². The van der Waals surface area contributed by atoms with Crippen LogP contribution in [0.3, 0.4) is 0 Å². The number of aryl methyl sites for hydroxylation is 1. The van der Waals surface area contributed by atoms with E-state index >= 15 is 0 Å². The number of nitrogens with zero attached hydrogens (tertiary/aromatic N) is 1. The topological polar surface area (TPSA) is 84.6 Å². The number of ether oxygens (including phenoxy) is 1. The molecule has 6 heteroatoms. The highest BCUT2D eigenvalue weighted by molar-refractivity contribution is 5.48. The van der Waals surface area contributed by atoms with Crippen LogP contribution >= 0.6 is 0 Å². The van der Waals surface area contributed by atoms with Gasteiger partial charge < -0.3 is 15.2 Å². The van der Waals surface area contributed by atoms with Crippen molar-refractivity contribution in [1.82, 2.24) is 5.32 Å². The van der Waals surface area contributed by atoms with Crippen LogP contribution in [0.2, 0.25) is 0 Å². The van der Waals surface area contributed by atoms with Gasteiger partial charge in [0.05, 0.1) is 4.92 Å². The first-order chi connectivity index (χ1) is 9.73. The molecule has 0 saturated carbocycles. The van der Waals surface area contributed by atoms with Gasteiger partial charge in [-0.2, -0.15) is 0 Å². The first-order valence-electron chi connectivity index (χ1n) is 7.06. The van der Waals surface area contributed by atoms with Crippen LogP contribution in [-0.4, -0.2) is 34.8 Å². The molecule has 0 aromatic heterocycles. The number of nitrogens with one attached hydrogen (secondary N) is 1. The Bertz CT molecular complexity index is 483. The van der Waals surface area contributed by atoms with Crippen molar-refractivity contribution in [3.63, 3.8) is 0 Å². The fourth-order valence-electron chi connectivity index (χ4n) is 1.72.